The van der Waals surface area contributed by atoms with Crippen LogP contribution in [0.3, 0.4) is 0 Å². The Hall–Kier alpha value is -4.13. The third-order valence-electron chi connectivity index (χ3n) is 5.67. The molecule has 1 heterocycles. The largest absolute Gasteiger partial charge is 0.490 e. The van der Waals surface area contributed by atoms with Crippen molar-refractivity contribution in [3.8, 4) is 17.6 Å². The number of nitrogens with zero attached hydrogens (tertiary/aromatic N) is 2. The summed E-state index contributed by atoms with van der Waals surface area (Å²) in [4.78, 5) is 39.3. The van der Waals surface area contributed by atoms with Crippen LogP contribution < -0.4 is 19.7 Å². The maximum atomic E-state index is 13.3. The average molecular weight is 595 g/mol. The highest BCUT2D eigenvalue weighted by atomic mass is 79.9. The van der Waals surface area contributed by atoms with Crippen molar-refractivity contribution in [3.05, 3.63) is 91.9 Å². The number of nitriles is 1. The maximum absolute atomic E-state index is 13.3. The summed E-state index contributed by atoms with van der Waals surface area (Å²) in [5.41, 5.74) is 2.43. The molecule has 3 aromatic carbocycles. The van der Waals surface area contributed by atoms with Gasteiger partial charge in [0.15, 0.2) is 11.5 Å². The number of benzene rings is 3. The first-order chi connectivity index (χ1) is 18.2. The van der Waals surface area contributed by atoms with Crippen LogP contribution in [0.1, 0.15) is 29.2 Å². The first-order valence-electron chi connectivity index (χ1n) is 11.5. The first kappa shape index (κ1) is 26.9. The number of amides is 4. The molecule has 0 saturated carbocycles. The minimum Gasteiger partial charge on any atom is -0.490 e. The highest BCUT2D eigenvalue weighted by molar-refractivity contribution is 9.10. The topological polar surface area (TPSA) is 109 Å². The first-order valence-corrected chi connectivity index (χ1v) is 12.6. The van der Waals surface area contributed by atoms with Crippen molar-refractivity contribution in [2.75, 3.05) is 11.5 Å². The van der Waals surface area contributed by atoms with E-state index >= 15 is 0 Å². The number of rotatable bonds is 7. The van der Waals surface area contributed by atoms with Gasteiger partial charge in [-0.1, -0.05) is 35.9 Å². The minimum atomic E-state index is -0.866. The monoisotopic (exact) mass is 593 g/mol. The van der Waals surface area contributed by atoms with Crippen LogP contribution in [0.4, 0.5) is 10.5 Å². The number of urea groups is 1. The Balaban J connectivity index is 1.68. The van der Waals surface area contributed by atoms with Crippen LogP contribution in [-0.4, -0.2) is 24.5 Å². The van der Waals surface area contributed by atoms with Crippen LogP contribution >= 0.6 is 27.5 Å². The highest BCUT2D eigenvalue weighted by Crippen LogP contribution is 2.38. The molecule has 4 amide bonds. The fourth-order valence-electron chi connectivity index (χ4n) is 3.76. The maximum Gasteiger partial charge on any atom is 0.335 e. The normalized spacial score (nSPS) is 14.3. The van der Waals surface area contributed by atoms with E-state index in [1.165, 1.54) is 12.1 Å². The standard InChI is InChI=1S/C28H21BrClN3O5/c1-3-37-24-12-17(11-22(29)25(24)38-15-19-7-5-4-6-18(19)14-31)10-21-26(34)32-28(36)33(27(21)35)20-9-8-16(2)23(30)13-20/h4-13H,3,15H2,1-2H3,(H,32,34,36)/b21-10-. The Kier molecular flexibility index (Phi) is 8.15. The summed E-state index contributed by atoms with van der Waals surface area (Å²) in [5, 5.41) is 11.9. The molecule has 0 aliphatic carbocycles. The van der Waals surface area contributed by atoms with Gasteiger partial charge in [-0.2, -0.15) is 5.26 Å². The summed E-state index contributed by atoms with van der Waals surface area (Å²) in [6.07, 6.45) is 1.37. The van der Waals surface area contributed by atoms with Crippen LogP contribution in [0.15, 0.2) is 64.6 Å². The Bertz CT molecular complexity index is 1530. The molecule has 38 heavy (non-hydrogen) atoms. The van der Waals surface area contributed by atoms with Crippen molar-refractivity contribution in [2.24, 2.45) is 0 Å². The molecule has 1 N–H and O–H groups in total. The number of halogens is 2. The van der Waals surface area contributed by atoms with E-state index in [9.17, 15) is 19.6 Å². The predicted octanol–water partition coefficient (Wildman–Crippen LogP) is 5.93. The molecule has 1 saturated heterocycles. The third-order valence-corrected chi connectivity index (χ3v) is 6.66. The van der Waals surface area contributed by atoms with Gasteiger partial charge in [-0.3, -0.25) is 14.9 Å². The van der Waals surface area contributed by atoms with E-state index in [4.69, 9.17) is 21.1 Å². The van der Waals surface area contributed by atoms with Crippen molar-refractivity contribution < 1.29 is 23.9 Å². The molecule has 0 radical (unpaired) electrons. The van der Waals surface area contributed by atoms with Gasteiger partial charge >= 0.3 is 6.03 Å². The molecule has 4 rings (SSSR count). The van der Waals surface area contributed by atoms with Crippen LogP contribution in [-0.2, 0) is 16.2 Å². The van der Waals surface area contributed by atoms with E-state index in [1.54, 1.807) is 49.4 Å². The molecule has 0 atom stereocenters. The quantitative estimate of drug-likeness (QED) is 0.268. The minimum absolute atomic E-state index is 0.125. The van der Waals surface area contributed by atoms with Crippen LogP contribution in [0.5, 0.6) is 11.5 Å². The Labute approximate surface area is 232 Å². The SMILES string of the molecule is CCOc1cc(/C=C2/C(=O)NC(=O)N(c3ccc(C)c(Cl)c3)C2=O)cc(Br)c1OCc1ccccc1C#N. The van der Waals surface area contributed by atoms with E-state index in [1.807, 2.05) is 13.0 Å². The van der Waals surface area contributed by atoms with Gasteiger partial charge in [0.05, 0.1) is 28.4 Å². The smallest absolute Gasteiger partial charge is 0.335 e. The summed E-state index contributed by atoms with van der Waals surface area (Å²) in [6, 6.07) is 16.4. The number of aryl methyl sites for hydroxylation is 1. The Morgan fingerprint density at radius 1 is 1.11 bits per heavy atom. The predicted molar refractivity (Wildman–Crippen MR) is 146 cm³/mol. The summed E-state index contributed by atoms with van der Waals surface area (Å²) in [6.45, 7) is 4.05. The zero-order valence-corrected chi connectivity index (χ0v) is 22.7. The van der Waals surface area contributed by atoms with Crippen LogP contribution in [0.2, 0.25) is 5.02 Å². The van der Waals surface area contributed by atoms with Gasteiger partial charge in [0.1, 0.15) is 12.2 Å². The zero-order chi connectivity index (χ0) is 27.4. The molecule has 0 spiro atoms. The molecule has 0 unspecified atom stereocenters. The van der Waals surface area contributed by atoms with Gasteiger partial charge in [0.25, 0.3) is 11.8 Å². The fraction of sp³-hybridized carbons (Fsp3) is 0.143. The molecule has 3 aromatic rings. The van der Waals surface area contributed by atoms with Crippen molar-refractivity contribution >= 4 is 57.1 Å². The van der Waals surface area contributed by atoms with Crippen molar-refractivity contribution in [1.29, 1.82) is 5.26 Å². The number of carbonyl (C=O) groups excluding carboxylic acids is 3. The van der Waals surface area contributed by atoms with Crippen LogP contribution in [0.25, 0.3) is 6.08 Å². The average Bonchev–Trinajstić information content (AvgIpc) is 2.88. The highest BCUT2D eigenvalue weighted by Gasteiger charge is 2.37. The number of imide groups is 2. The number of carbonyl (C=O) groups is 3. The van der Waals surface area contributed by atoms with Crippen LogP contribution in [0, 0.1) is 18.3 Å². The van der Waals surface area contributed by atoms with Gasteiger partial charge < -0.3 is 9.47 Å². The number of anilines is 1. The van der Waals surface area contributed by atoms with E-state index < -0.39 is 17.8 Å². The zero-order valence-electron chi connectivity index (χ0n) is 20.4. The van der Waals surface area contributed by atoms with Gasteiger partial charge in [-0.25, -0.2) is 9.69 Å². The lowest BCUT2D eigenvalue weighted by atomic mass is 10.1. The number of nitrogens with one attached hydrogen (secondary N) is 1. The molecule has 0 aromatic heterocycles. The van der Waals surface area contributed by atoms with E-state index in [0.717, 1.165) is 10.5 Å². The second-order valence-corrected chi connectivity index (χ2v) is 9.47. The number of hydrogen-bond acceptors (Lipinski definition) is 6. The third kappa shape index (κ3) is 5.57. The molecule has 1 aliphatic rings. The molecule has 10 heteroatoms. The molecule has 0 bridgehead atoms. The summed E-state index contributed by atoms with van der Waals surface area (Å²) < 4.78 is 12.3. The molecule has 1 fully saturated rings. The van der Waals surface area contributed by atoms with Gasteiger partial charge in [0, 0.05) is 10.6 Å². The molecular formula is C28H21BrClN3O5. The van der Waals surface area contributed by atoms with Gasteiger partial charge in [-0.15, -0.1) is 0 Å². The molecule has 8 nitrogen and oxygen atoms in total. The lowest BCUT2D eigenvalue weighted by Crippen LogP contribution is -2.54. The van der Waals surface area contributed by atoms with E-state index in [2.05, 4.69) is 27.3 Å². The van der Waals surface area contributed by atoms with Crippen molar-refractivity contribution in [3.63, 3.8) is 0 Å². The molecular weight excluding hydrogens is 574 g/mol. The fourth-order valence-corrected chi connectivity index (χ4v) is 4.51. The van der Waals surface area contributed by atoms with E-state index in [0.29, 0.717) is 44.3 Å². The lowest BCUT2D eigenvalue weighted by molar-refractivity contribution is -0.122. The van der Waals surface area contributed by atoms with Crippen molar-refractivity contribution in [1.82, 2.24) is 5.32 Å². The number of hydrogen-bond donors (Lipinski definition) is 1. The second-order valence-electron chi connectivity index (χ2n) is 8.21. The number of ether oxygens (including phenoxy) is 2. The summed E-state index contributed by atoms with van der Waals surface area (Å²) >= 11 is 9.67. The van der Waals surface area contributed by atoms with E-state index in [-0.39, 0.29) is 17.9 Å². The van der Waals surface area contributed by atoms with Crippen molar-refractivity contribution in [2.45, 2.75) is 20.5 Å². The molecule has 1 aliphatic heterocycles. The van der Waals surface area contributed by atoms with Gasteiger partial charge in [-0.05, 0) is 77.3 Å². The number of barbiturate groups is 1. The Morgan fingerprint density at radius 3 is 2.58 bits per heavy atom. The second kappa shape index (κ2) is 11.5. The summed E-state index contributed by atoms with van der Waals surface area (Å²) in [5.74, 6) is -0.851. The molecule has 192 valence electrons. The summed E-state index contributed by atoms with van der Waals surface area (Å²) in [7, 11) is 0. The Morgan fingerprint density at radius 2 is 1.87 bits per heavy atom. The van der Waals surface area contributed by atoms with Gasteiger partial charge in [0.2, 0.25) is 0 Å². The lowest BCUT2D eigenvalue weighted by Gasteiger charge is -2.26.